The van der Waals surface area contributed by atoms with Crippen LogP contribution >= 0.6 is 31.9 Å². The molecule has 0 saturated heterocycles. The number of likely N-dealkylation sites (N-methyl/N-ethyl adjacent to an activating group) is 1. The van der Waals surface area contributed by atoms with Crippen molar-refractivity contribution in [3.05, 3.63) is 27.1 Å². The highest BCUT2D eigenvalue weighted by molar-refractivity contribution is 9.11. The van der Waals surface area contributed by atoms with Crippen LogP contribution in [-0.4, -0.2) is 28.2 Å². The lowest BCUT2D eigenvalue weighted by atomic mass is 10.2. The quantitative estimate of drug-likeness (QED) is 0.849. The van der Waals surface area contributed by atoms with Crippen LogP contribution in [0.4, 0.5) is 0 Å². The Morgan fingerprint density at radius 3 is 2.89 bits per heavy atom. The summed E-state index contributed by atoms with van der Waals surface area (Å²) in [4.78, 5) is 8.69. The van der Waals surface area contributed by atoms with Crippen LogP contribution in [0.1, 0.15) is 25.7 Å². The van der Waals surface area contributed by atoms with Crippen LogP contribution < -0.4 is 5.32 Å². The van der Waals surface area contributed by atoms with E-state index in [2.05, 4.69) is 59.2 Å². The first kappa shape index (κ1) is 14.6. The van der Waals surface area contributed by atoms with E-state index < -0.39 is 0 Å². The summed E-state index contributed by atoms with van der Waals surface area (Å²) in [6.45, 7) is 5.84. The van der Waals surface area contributed by atoms with E-state index in [-0.39, 0.29) is 5.92 Å². The number of halogens is 2. The van der Waals surface area contributed by atoms with Gasteiger partial charge in [-0.3, -0.25) is 4.98 Å². The van der Waals surface area contributed by atoms with Crippen LogP contribution in [0.25, 0.3) is 11.5 Å². The van der Waals surface area contributed by atoms with Gasteiger partial charge >= 0.3 is 0 Å². The molecule has 0 bridgehead atoms. The highest BCUT2D eigenvalue weighted by Crippen LogP contribution is 2.27. The Labute approximate surface area is 128 Å². The number of nitrogens with zero attached hydrogens (tertiary/aromatic N) is 3. The molecule has 7 heteroatoms. The van der Waals surface area contributed by atoms with Crippen molar-refractivity contribution in [2.75, 3.05) is 13.1 Å². The van der Waals surface area contributed by atoms with E-state index in [1.807, 2.05) is 13.0 Å². The number of nitrogens with one attached hydrogen (secondary N) is 1. The van der Waals surface area contributed by atoms with Crippen molar-refractivity contribution < 1.29 is 4.52 Å². The molecule has 0 amide bonds. The maximum absolute atomic E-state index is 5.29. The SMILES string of the molecule is CCNCC(C)c1nc(-c2ncc(Br)cc2Br)no1. The van der Waals surface area contributed by atoms with Gasteiger partial charge in [0, 0.05) is 27.6 Å². The molecule has 0 aliphatic carbocycles. The van der Waals surface area contributed by atoms with Crippen molar-refractivity contribution in [3.63, 3.8) is 0 Å². The molecule has 2 aromatic heterocycles. The fourth-order valence-corrected chi connectivity index (χ4v) is 2.72. The maximum Gasteiger partial charge on any atom is 0.231 e. The summed E-state index contributed by atoms with van der Waals surface area (Å²) in [5, 5.41) is 7.24. The van der Waals surface area contributed by atoms with Gasteiger partial charge in [0.1, 0.15) is 5.69 Å². The monoisotopic (exact) mass is 388 g/mol. The predicted octanol–water partition coefficient (Wildman–Crippen LogP) is 3.37. The lowest BCUT2D eigenvalue weighted by molar-refractivity contribution is 0.355. The van der Waals surface area contributed by atoms with Crippen molar-refractivity contribution in [2.24, 2.45) is 0 Å². The molecule has 1 unspecified atom stereocenters. The second-order valence-corrected chi connectivity index (χ2v) is 5.92. The fourth-order valence-electron chi connectivity index (χ4n) is 1.56. The largest absolute Gasteiger partial charge is 0.339 e. The highest BCUT2D eigenvalue weighted by atomic mass is 79.9. The van der Waals surface area contributed by atoms with Crippen molar-refractivity contribution in [1.29, 1.82) is 0 Å². The van der Waals surface area contributed by atoms with Crippen LogP contribution in [0.15, 0.2) is 25.7 Å². The molecule has 2 aromatic rings. The molecule has 0 fully saturated rings. The Bertz CT molecular complexity index is 558. The van der Waals surface area contributed by atoms with E-state index >= 15 is 0 Å². The number of aromatic nitrogens is 3. The fraction of sp³-hybridized carbons (Fsp3) is 0.417. The molecule has 2 heterocycles. The molecule has 0 saturated carbocycles. The molecule has 0 aromatic carbocycles. The van der Waals surface area contributed by atoms with E-state index in [1.54, 1.807) is 6.20 Å². The summed E-state index contributed by atoms with van der Waals surface area (Å²) < 4.78 is 7.01. The first-order chi connectivity index (χ1) is 9.11. The van der Waals surface area contributed by atoms with Crippen LogP contribution in [-0.2, 0) is 0 Å². The number of rotatable bonds is 5. The summed E-state index contributed by atoms with van der Waals surface area (Å²) in [7, 11) is 0. The van der Waals surface area contributed by atoms with Gasteiger partial charge in [0.2, 0.25) is 11.7 Å². The minimum atomic E-state index is 0.176. The van der Waals surface area contributed by atoms with Crippen LogP contribution in [0.5, 0.6) is 0 Å². The van der Waals surface area contributed by atoms with E-state index in [4.69, 9.17) is 4.52 Å². The Balaban J connectivity index is 2.20. The number of pyridine rings is 1. The van der Waals surface area contributed by atoms with E-state index in [0.29, 0.717) is 17.4 Å². The third-order valence-electron chi connectivity index (χ3n) is 2.58. The van der Waals surface area contributed by atoms with Gasteiger partial charge in [-0.25, -0.2) is 0 Å². The Hall–Kier alpha value is -0.790. The van der Waals surface area contributed by atoms with E-state index in [9.17, 15) is 0 Å². The van der Waals surface area contributed by atoms with Gasteiger partial charge in [0.05, 0.1) is 0 Å². The lowest BCUT2D eigenvalue weighted by Gasteiger charge is -2.05. The first-order valence-corrected chi connectivity index (χ1v) is 7.56. The van der Waals surface area contributed by atoms with Gasteiger partial charge in [-0.05, 0) is 44.5 Å². The number of hydrogen-bond acceptors (Lipinski definition) is 5. The predicted molar refractivity (Wildman–Crippen MR) is 79.9 cm³/mol. The molecule has 0 aliphatic rings. The van der Waals surface area contributed by atoms with Crippen molar-refractivity contribution in [2.45, 2.75) is 19.8 Å². The number of hydrogen-bond donors (Lipinski definition) is 1. The van der Waals surface area contributed by atoms with E-state index in [0.717, 1.165) is 22.0 Å². The van der Waals surface area contributed by atoms with Gasteiger partial charge in [-0.1, -0.05) is 19.0 Å². The molecule has 5 nitrogen and oxygen atoms in total. The Morgan fingerprint density at radius 1 is 1.42 bits per heavy atom. The van der Waals surface area contributed by atoms with Crippen molar-refractivity contribution in [1.82, 2.24) is 20.4 Å². The summed E-state index contributed by atoms with van der Waals surface area (Å²) in [6, 6.07) is 1.90. The average molecular weight is 390 g/mol. The molecule has 1 atom stereocenters. The summed E-state index contributed by atoms with van der Waals surface area (Å²) in [6.07, 6.45) is 1.71. The maximum atomic E-state index is 5.29. The standard InChI is InChI=1S/C12H14Br2N4O/c1-3-15-5-7(2)12-17-11(18-19-12)10-9(14)4-8(13)6-16-10/h4,6-7,15H,3,5H2,1-2H3. The van der Waals surface area contributed by atoms with Crippen LogP contribution in [0.3, 0.4) is 0 Å². The van der Waals surface area contributed by atoms with Gasteiger partial charge in [-0.15, -0.1) is 0 Å². The van der Waals surface area contributed by atoms with Gasteiger partial charge in [-0.2, -0.15) is 4.98 Å². The molecular formula is C12H14Br2N4O. The topological polar surface area (TPSA) is 63.8 Å². The second kappa shape index (κ2) is 6.58. The zero-order chi connectivity index (χ0) is 13.8. The minimum absolute atomic E-state index is 0.176. The molecule has 0 radical (unpaired) electrons. The van der Waals surface area contributed by atoms with Crippen molar-refractivity contribution >= 4 is 31.9 Å². The Morgan fingerprint density at radius 2 is 2.21 bits per heavy atom. The summed E-state index contributed by atoms with van der Waals surface area (Å²) >= 11 is 6.81. The molecular weight excluding hydrogens is 376 g/mol. The van der Waals surface area contributed by atoms with Gasteiger partial charge in [0.15, 0.2) is 0 Å². The summed E-state index contributed by atoms with van der Waals surface area (Å²) in [5.74, 6) is 1.29. The average Bonchev–Trinajstić information content (AvgIpc) is 2.85. The Kier molecular flexibility index (Phi) is 5.06. The highest BCUT2D eigenvalue weighted by Gasteiger charge is 2.17. The van der Waals surface area contributed by atoms with E-state index in [1.165, 1.54) is 0 Å². The van der Waals surface area contributed by atoms with Crippen LogP contribution in [0.2, 0.25) is 0 Å². The molecule has 19 heavy (non-hydrogen) atoms. The van der Waals surface area contributed by atoms with Crippen LogP contribution in [0, 0.1) is 0 Å². The smallest absolute Gasteiger partial charge is 0.231 e. The van der Waals surface area contributed by atoms with Gasteiger partial charge in [0.25, 0.3) is 0 Å². The zero-order valence-corrected chi connectivity index (χ0v) is 13.8. The lowest BCUT2D eigenvalue weighted by Crippen LogP contribution is -2.19. The molecule has 2 rings (SSSR count). The third kappa shape index (κ3) is 3.61. The molecule has 102 valence electrons. The van der Waals surface area contributed by atoms with Crippen molar-refractivity contribution in [3.8, 4) is 11.5 Å². The second-order valence-electron chi connectivity index (χ2n) is 4.15. The first-order valence-electron chi connectivity index (χ1n) is 5.97. The minimum Gasteiger partial charge on any atom is -0.339 e. The molecule has 0 aliphatic heterocycles. The van der Waals surface area contributed by atoms with Gasteiger partial charge < -0.3 is 9.84 Å². The summed E-state index contributed by atoms with van der Waals surface area (Å²) in [5.41, 5.74) is 0.675. The molecule has 0 spiro atoms. The third-order valence-corrected chi connectivity index (χ3v) is 3.62. The normalized spacial score (nSPS) is 12.6. The zero-order valence-electron chi connectivity index (χ0n) is 10.7. The molecule has 1 N–H and O–H groups in total.